The van der Waals surface area contributed by atoms with Crippen molar-refractivity contribution in [2.24, 2.45) is 5.92 Å². The third-order valence-corrected chi connectivity index (χ3v) is 3.15. The van der Waals surface area contributed by atoms with Gasteiger partial charge >= 0.3 is 0 Å². The highest BCUT2D eigenvalue weighted by Crippen LogP contribution is 2.23. The Morgan fingerprint density at radius 3 is 2.61 bits per heavy atom. The molecule has 0 radical (unpaired) electrons. The highest BCUT2D eigenvalue weighted by molar-refractivity contribution is 9.10. The van der Waals surface area contributed by atoms with Gasteiger partial charge in [0.2, 0.25) is 0 Å². The molecule has 1 N–H and O–H groups in total. The molecule has 0 aromatic heterocycles. The Morgan fingerprint density at radius 1 is 1.22 bits per heavy atom. The number of ether oxygens (including phenoxy) is 1. The fourth-order valence-corrected chi connectivity index (χ4v) is 1.86. The van der Waals surface area contributed by atoms with Crippen LogP contribution in [0.5, 0.6) is 5.75 Å². The van der Waals surface area contributed by atoms with E-state index in [0.29, 0.717) is 0 Å². The summed E-state index contributed by atoms with van der Waals surface area (Å²) in [7, 11) is 0. The number of benzene rings is 1. The van der Waals surface area contributed by atoms with Crippen molar-refractivity contribution in [3.05, 3.63) is 28.7 Å². The van der Waals surface area contributed by atoms with Crippen molar-refractivity contribution in [3.8, 4) is 5.75 Å². The van der Waals surface area contributed by atoms with E-state index >= 15 is 0 Å². The zero-order chi connectivity index (χ0) is 12.5. The van der Waals surface area contributed by atoms with E-state index in [4.69, 9.17) is 4.74 Å². The Labute approximate surface area is 125 Å². The Hall–Kier alpha value is -0.250. The van der Waals surface area contributed by atoms with Gasteiger partial charge in [0.1, 0.15) is 5.75 Å². The van der Waals surface area contributed by atoms with Gasteiger partial charge in [-0.3, -0.25) is 0 Å². The lowest BCUT2D eigenvalue weighted by molar-refractivity contribution is 0.306. The van der Waals surface area contributed by atoms with Crippen LogP contribution in [0.4, 0.5) is 0 Å². The van der Waals surface area contributed by atoms with Crippen LogP contribution in [0.2, 0.25) is 0 Å². The summed E-state index contributed by atoms with van der Waals surface area (Å²) in [6.45, 7) is 7.39. The molecule has 0 atom stereocenters. The van der Waals surface area contributed by atoms with Crippen molar-refractivity contribution < 1.29 is 4.74 Å². The lowest BCUT2D eigenvalue weighted by atomic mass is 10.1. The molecule has 0 saturated heterocycles. The van der Waals surface area contributed by atoms with E-state index in [1.807, 2.05) is 24.3 Å². The second-order valence-electron chi connectivity index (χ2n) is 4.56. The van der Waals surface area contributed by atoms with E-state index in [1.165, 1.54) is 6.42 Å². The van der Waals surface area contributed by atoms with Crippen LogP contribution in [-0.4, -0.2) is 19.7 Å². The molecule has 4 heteroatoms. The molecule has 0 amide bonds. The van der Waals surface area contributed by atoms with Gasteiger partial charge in [0.25, 0.3) is 0 Å². The van der Waals surface area contributed by atoms with Crippen LogP contribution >= 0.6 is 28.3 Å². The van der Waals surface area contributed by atoms with Gasteiger partial charge in [-0.1, -0.05) is 26.0 Å². The van der Waals surface area contributed by atoms with Gasteiger partial charge in [-0.15, -0.1) is 12.4 Å². The lowest BCUT2D eigenvalue weighted by Gasteiger charge is -2.09. The van der Waals surface area contributed by atoms with Gasteiger partial charge in [-0.2, -0.15) is 0 Å². The van der Waals surface area contributed by atoms with Crippen LogP contribution in [0.1, 0.15) is 26.7 Å². The summed E-state index contributed by atoms with van der Waals surface area (Å²) in [6.07, 6.45) is 2.28. The average Bonchev–Trinajstić information content (AvgIpc) is 2.30. The Morgan fingerprint density at radius 2 is 1.94 bits per heavy atom. The van der Waals surface area contributed by atoms with Gasteiger partial charge < -0.3 is 10.1 Å². The molecule has 0 aliphatic carbocycles. The van der Waals surface area contributed by atoms with Gasteiger partial charge in [-0.05, 0) is 59.9 Å². The lowest BCUT2D eigenvalue weighted by Crippen LogP contribution is -2.19. The minimum atomic E-state index is 0. The monoisotopic (exact) mass is 335 g/mol. The molecule has 1 aromatic carbocycles. The van der Waals surface area contributed by atoms with Crippen molar-refractivity contribution in [2.45, 2.75) is 26.7 Å². The number of hydrogen-bond donors (Lipinski definition) is 1. The van der Waals surface area contributed by atoms with Gasteiger partial charge in [0.05, 0.1) is 11.1 Å². The predicted molar refractivity (Wildman–Crippen MR) is 83.8 cm³/mol. The molecule has 0 spiro atoms. The van der Waals surface area contributed by atoms with E-state index < -0.39 is 0 Å². The first-order valence-electron chi connectivity index (χ1n) is 6.28. The molecule has 0 aliphatic heterocycles. The number of hydrogen-bond acceptors (Lipinski definition) is 2. The minimum Gasteiger partial charge on any atom is -0.492 e. The van der Waals surface area contributed by atoms with Crippen LogP contribution < -0.4 is 10.1 Å². The second kappa shape index (κ2) is 10.7. The maximum Gasteiger partial charge on any atom is 0.133 e. The number of para-hydroxylation sites is 1. The third-order valence-electron chi connectivity index (χ3n) is 2.49. The van der Waals surface area contributed by atoms with E-state index in [1.54, 1.807) is 0 Å². The average molecular weight is 337 g/mol. The molecule has 2 nitrogen and oxygen atoms in total. The molecular weight excluding hydrogens is 314 g/mol. The molecule has 0 saturated carbocycles. The SMILES string of the molecule is CC(C)CCNCCCOc1ccccc1Br.Cl. The van der Waals surface area contributed by atoms with Crippen LogP contribution in [0.3, 0.4) is 0 Å². The van der Waals surface area contributed by atoms with Gasteiger partial charge in [-0.25, -0.2) is 0 Å². The van der Waals surface area contributed by atoms with Crippen LogP contribution in [0, 0.1) is 5.92 Å². The number of halogens is 2. The zero-order valence-corrected chi connectivity index (χ0v) is 13.5. The fourth-order valence-electron chi connectivity index (χ4n) is 1.46. The van der Waals surface area contributed by atoms with E-state index in [-0.39, 0.29) is 12.4 Å². The first kappa shape index (κ1) is 17.8. The summed E-state index contributed by atoms with van der Waals surface area (Å²) >= 11 is 3.47. The summed E-state index contributed by atoms with van der Waals surface area (Å²) in [5.74, 6) is 1.70. The van der Waals surface area contributed by atoms with Crippen LogP contribution in [0.15, 0.2) is 28.7 Å². The maximum absolute atomic E-state index is 5.68. The molecule has 1 rings (SSSR count). The molecular formula is C14H23BrClNO. The van der Waals surface area contributed by atoms with E-state index in [9.17, 15) is 0 Å². The van der Waals surface area contributed by atoms with E-state index in [2.05, 4.69) is 35.1 Å². The summed E-state index contributed by atoms with van der Waals surface area (Å²) in [6, 6.07) is 7.96. The second-order valence-corrected chi connectivity index (χ2v) is 5.42. The fraction of sp³-hybridized carbons (Fsp3) is 0.571. The maximum atomic E-state index is 5.68. The summed E-state index contributed by atoms with van der Waals surface area (Å²) in [5, 5.41) is 3.43. The van der Waals surface area contributed by atoms with Crippen LogP contribution in [0.25, 0.3) is 0 Å². The third kappa shape index (κ3) is 7.96. The van der Waals surface area contributed by atoms with Gasteiger partial charge in [0.15, 0.2) is 0 Å². The Kier molecular flexibility index (Phi) is 10.5. The number of nitrogens with one attached hydrogen (secondary N) is 1. The highest BCUT2D eigenvalue weighted by Gasteiger charge is 1.98. The normalized spacial score (nSPS) is 10.2. The smallest absolute Gasteiger partial charge is 0.133 e. The summed E-state index contributed by atoms with van der Waals surface area (Å²) < 4.78 is 6.70. The topological polar surface area (TPSA) is 21.3 Å². The molecule has 0 aliphatic rings. The summed E-state index contributed by atoms with van der Waals surface area (Å²) in [4.78, 5) is 0. The summed E-state index contributed by atoms with van der Waals surface area (Å²) in [5.41, 5.74) is 0. The standard InChI is InChI=1S/C14H22BrNO.ClH/c1-12(2)8-10-16-9-5-11-17-14-7-4-3-6-13(14)15;/h3-4,6-7,12,16H,5,8-11H2,1-2H3;1H. The molecule has 18 heavy (non-hydrogen) atoms. The largest absolute Gasteiger partial charge is 0.492 e. The van der Waals surface area contributed by atoms with Gasteiger partial charge in [0, 0.05) is 0 Å². The highest BCUT2D eigenvalue weighted by atomic mass is 79.9. The number of rotatable bonds is 8. The van der Waals surface area contributed by atoms with Crippen molar-refractivity contribution in [1.29, 1.82) is 0 Å². The first-order chi connectivity index (χ1) is 8.20. The van der Waals surface area contributed by atoms with Crippen molar-refractivity contribution in [1.82, 2.24) is 5.32 Å². The quantitative estimate of drug-likeness (QED) is 0.716. The predicted octanol–water partition coefficient (Wildman–Crippen LogP) is 4.28. The molecule has 0 heterocycles. The van der Waals surface area contributed by atoms with Crippen molar-refractivity contribution in [3.63, 3.8) is 0 Å². The first-order valence-corrected chi connectivity index (χ1v) is 7.07. The van der Waals surface area contributed by atoms with Crippen molar-refractivity contribution in [2.75, 3.05) is 19.7 Å². The zero-order valence-electron chi connectivity index (χ0n) is 11.1. The van der Waals surface area contributed by atoms with Crippen molar-refractivity contribution >= 4 is 28.3 Å². The molecule has 0 fully saturated rings. The Bertz CT molecular complexity index is 320. The molecule has 0 bridgehead atoms. The molecule has 1 aromatic rings. The van der Waals surface area contributed by atoms with Crippen LogP contribution in [-0.2, 0) is 0 Å². The minimum absolute atomic E-state index is 0. The molecule has 0 unspecified atom stereocenters. The Balaban J connectivity index is 0.00000289. The van der Waals surface area contributed by atoms with E-state index in [0.717, 1.165) is 42.3 Å². The molecule has 104 valence electrons.